The van der Waals surface area contributed by atoms with E-state index in [0.717, 1.165) is 0 Å². The van der Waals surface area contributed by atoms with Crippen molar-refractivity contribution in [2.45, 2.75) is 12.5 Å². The maximum Gasteiger partial charge on any atom is 0.416 e. The number of nitriles is 1. The van der Waals surface area contributed by atoms with Gasteiger partial charge in [-0.15, -0.1) is 0 Å². The Labute approximate surface area is 75.0 Å². The highest BCUT2D eigenvalue weighted by Crippen LogP contribution is 2.14. The van der Waals surface area contributed by atoms with Gasteiger partial charge in [-0.1, -0.05) is 17.7 Å². The molecule has 1 amide bonds. The lowest BCUT2D eigenvalue weighted by Gasteiger charge is -2.16. The molecule has 0 aliphatic carbocycles. The molecule has 0 aromatic heterocycles. The van der Waals surface area contributed by atoms with Crippen LogP contribution in [0.1, 0.15) is 6.42 Å². The van der Waals surface area contributed by atoms with E-state index in [2.05, 4.69) is 4.74 Å². The summed E-state index contributed by atoms with van der Waals surface area (Å²) >= 11 is 5.19. The molecular formula is C7H7ClN2O2. The first-order valence-corrected chi connectivity index (χ1v) is 3.90. The first kappa shape index (κ1) is 8.88. The minimum absolute atomic E-state index is 0.193. The first-order chi connectivity index (χ1) is 5.79. The van der Waals surface area contributed by atoms with Crippen molar-refractivity contribution >= 4 is 17.7 Å². The molecule has 12 heavy (non-hydrogen) atoms. The molecule has 0 saturated heterocycles. The van der Waals surface area contributed by atoms with Gasteiger partial charge in [-0.2, -0.15) is 5.26 Å². The van der Waals surface area contributed by atoms with Gasteiger partial charge in [-0.25, -0.2) is 4.79 Å². The summed E-state index contributed by atoms with van der Waals surface area (Å²) in [6, 6.07) is 1.34. The summed E-state index contributed by atoms with van der Waals surface area (Å²) in [5, 5.41) is 8.58. The van der Waals surface area contributed by atoms with Gasteiger partial charge in [-0.3, -0.25) is 4.90 Å². The molecule has 0 spiro atoms. The molecule has 0 bridgehead atoms. The Kier molecular flexibility index (Phi) is 2.94. The molecule has 1 rings (SSSR count). The van der Waals surface area contributed by atoms with E-state index in [-0.39, 0.29) is 6.07 Å². The normalized spacial score (nSPS) is 20.7. The molecule has 1 atom stereocenters. The smallest absolute Gasteiger partial charge is 0.416 e. The molecule has 4 nitrogen and oxygen atoms in total. The average Bonchev–Trinajstić information content (AvgIpc) is 2.51. The van der Waals surface area contributed by atoms with E-state index in [1.807, 2.05) is 6.07 Å². The summed E-state index contributed by atoms with van der Waals surface area (Å²) in [4.78, 5) is 12.3. The maximum atomic E-state index is 11.0. The van der Waals surface area contributed by atoms with Crippen LogP contribution < -0.4 is 0 Å². The first-order valence-electron chi connectivity index (χ1n) is 3.37. The van der Waals surface area contributed by atoms with Crippen molar-refractivity contribution < 1.29 is 9.53 Å². The molecule has 0 aromatic carbocycles. The third kappa shape index (κ3) is 1.69. The number of carbonyl (C=O) groups excluding carboxylic acids is 1. The molecule has 0 N–H and O–H groups in total. The SMILES string of the molecule is N#CC1CC=CN1C(=O)OCCl. The van der Waals surface area contributed by atoms with Crippen molar-refractivity contribution in [2.24, 2.45) is 0 Å². The van der Waals surface area contributed by atoms with Crippen LogP contribution in [0.2, 0.25) is 0 Å². The Bertz CT molecular complexity index is 246. The second-order valence-corrected chi connectivity index (χ2v) is 2.41. The fourth-order valence-corrected chi connectivity index (χ4v) is 1.04. The van der Waals surface area contributed by atoms with Crippen molar-refractivity contribution in [1.82, 2.24) is 4.90 Å². The number of nitrogens with zero attached hydrogens (tertiary/aromatic N) is 2. The standard InChI is InChI=1S/C7H7ClN2O2/c8-5-12-7(11)10-3-1-2-6(10)4-9/h1,3,6H,2,5H2. The van der Waals surface area contributed by atoms with E-state index < -0.39 is 12.1 Å². The van der Waals surface area contributed by atoms with Gasteiger partial charge >= 0.3 is 6.09 Å². The summed E-state index contributed by atoms with van der Waals surface area (Å²) in [6.07, 6.45) is 3.24. The second kappa shape index (κ2) is 3.98. The number of hydrogen-bond donors (Lipinski definition) is 0. The van der Waals surface area contributed by atoms with Crippen molar-refractivity contribution in [2.75, 3.05) is 6.07 Å². The van der Waals surface area contributed by atoms with Gasteiger partial charge in [0.1, 0.15) is 6.04 Å². The summed E-state index contributed by atoms with van der Waals surface area (Å²) in [7, 11) is 0. The van der Waals surface area contributed by atoms with Crippen LogP contribution in [-0.2, 0) is 4.74 Å². The van der Waals surface area contributed by atoms with Crippen LogP contribution in [0.3, 0.4) is 0 Å². The fraction of sp³-hybridized carbons (Fsp3) is 0.429. The zero-order valence-corrected chi connectivity index (χ0v) is 6.99. The predicted molar refractivity (Wildman–Crippen MR) is 42.2 cm³/mol. The lowest BCUT2D eigenvalue weighted by Crippen LogP contribution is -2.32. The Morgan fingerprint density at radius 2 is 2.67 bits per heavy atom. The lowest BCUT2D eigenvalue weighted by atomic mass is 10.3. The summed E-state index contributed by atoms with van der Waals surface area (Å²) in [6.45, 7) is 0. The lowest BCUT2D eigenvalue weighted by molar-refractivity contribution is 0.130. The molecule has 64 valence electrons. The molecule has 5 heteroatoms. The van der Waals surface area contributed by atoms with Crippen LogP contribution in [0.4, 0.5) is 4.79 Å². The topological polar surface area (TPSA) is 53.3 Å². The zero-order chi connectivity index (χ0) is 8.97. The summed E-state index contributed by atoms with van der Waals surface area (Å²) < 4.78 is 4.51. The molecule has 1 aliphatic heterocycles. The number of carbonyl (C=O) groups is 1. The summed E-state index contributed by atoms with van der Waals surface area (Å²) in [5.74, 6) is 0. The highest BCUT2D eigenvalue weighted by molar-refractivity contribution is 6.17. The van der Waals surface area contributed by atoms with Crippen LogP contribution in [0.25, 0.3) is 0 Å². The van der Waals surface area contributed by atoms with Gasteiger partial charge < -0.3 is 4.74 Å². The summed E-state index contributed by atoms with van der Waals surface area (Å²) in [5.41, 5.74) is 0. The number of halogens is 1. The van der Waals surface area contributed by atoms with Gasteiger partial charge in [0, 0.05) is 12.6 Å². The second-order valence-electron chi connectivity index (χ2n) is 2.19. The van der Waals surface area contributed by atoms with Crippen molar-refractivity contribution in [3.8, 4) is 6.07 Å². The Balaban J connectivity index is 2.56. The number of rotatable bonds is 1. The average molecular weight is 187 g/mol. The molecule has 1 unspecified atom stereocenters. The van der Waals surface area contributed by atoms with E-state index in [4.69, 9.17) is 16.9 Å². The van der Waals surface area contributed by atoms with Crippen molar-refractivity contribution in [1.29, 1.82) is 5.26 Å². The fourth-order valence-electron chi connectivity index (χ4n) is 0.945. The zero-order valence-electron chi connectivity index (χ0n) is 6.24. The van der Waals surface area contributed by atoms with E-state index in [9.17, 15) is 4.79 Å². The molecule has 0 fully saturated rings. The number of hydrogen-bond acceptors (Lipinski definition) is 3. The monoisotopic (exact) mass is 186 g/mol. The van der Waals surface area contributed by atoms with Crippen LogP contribution in [0, 0.1) is 11.3 Å². The third-order valence-electron chi connectivity index (χ3n) is 1.50. The van der Waals surface area contributed by atoms with Gasteiger partial charge in [0.25, 0.3) is 0 Å². The van der Waals surface area contributed by atoms with Crippen molar-refractivity contribution in [3.05, 3.63) is 12.3 Å². The van der Waals surface area contributed by atoms with Gasteiger partial charge in [0.05, 0.1) is 6.07 Å². The number of amides is 1. The Hall–Kier alpha value is -1.21. The third-order valence-corrected chi connectivity index (χ3v) is 1.61. The van der Waals surface area contributed by atoms with E-state index >= 15 is 0 Å². The van der Waals surface area contributed by atoms with Gasteiger partial charge in [0.15, 0.2) is 6.07 Å². The van der Waals surface area contributed by atoms with Crippen LogP contribution in [-0.4, -0.2) is 23.1 Å². The number of alkyl halides is 1. The largest absolute Gasteiger partial charge is 0.433 e. The molecule has 0 radical (unpaired) electrons. The predicted octanol–water partition coefficient (Wildman–Crippen LogP) is 1.43. The minimum atomic E-state index is -0.578. The molecule has 0 saturated carbocycles. The highest BCUT2D eigenvalue weighted by atomic mass is 35.5. The van der Waals surface area contributed by atoms with Crippen LogP contribution in [0.15, 0.2) is 12.3 Å². The quantitative estimate of drug-likeness (QED) is 0.582. The molecular weight excluding hydrogens is 180 g/mol. The minimum Gasteiger partial charge on any atom is -0.433 e. The van der Waals surface area contributed by atoms with Crippen molar-refractivity contribution in [3.63, 3.8) is 0 Å². The van der Waals surface area contributed by atoms with Crippen LogP contribution >= 0.6 is 11.6 Å². The van der Waals surface area contributed by atoms with E-state index in [1.165, 1.54) is 11.1 Å². The van der Waals surface area contributed by atoms with Crippen LogP contribution in [0.5, 0.6) is 0 Å². The highest BCUT2D eigenvalue weighted by Gasteiger charge is 2.25. The van der Waals surface area contributed by atoms with E-state index in [0.29, 0.717) is 6.42 Å². The Morgan fingerprint density at radius 1 is 1.92 bits per heavy atom. The Morgan fingerprint density at radius 3 is 3.25 bits per heavy atom. The molecule has 0 aromatic rings. The molecule has 1 heterocycles. The number of ether oxygens (including phenoxy) is 1. The molecule has 1 aliphatic rings. The van der Waals surface area contributed by atoms with Gasteiger partial charge in [0.2, 0.25) is 0 Å². The van der Waals surface area contributed by atoms with E-state index in [1.54, 1.807) is 6.08 Å². The maximum absolute atomic E-state index is 11.0. The van der Waals surface area contributed by atoms with Gasteiger partial charge in [-0.05, 0) is 0 Å².